The molecule has 4 heteroatoms. The molecule has 2 aliphatic rings. The van der Waals surface area contributed by atoms with Gasteiger partial charge in [-0.05, 0) is 79.4 Å². The Morgan fingerprint density at radius 1 is 1.18 bits per heavy atom. The molecule has 0 fully saturated rings. The number of rotatable bonds is 7. The molecule has 1 aliphatic carbocycles. The van der Waals surface area contributed by atoms with E-state index in [-0.39, 0.29) is 12.4 Å². The number of carbonyl (C=O) groups excluding carboxylic acids is 1. The number of carbonyl (C=O) groups is 1. The first-order valence-corrected chi connectivity index (χ1v) is 10.4. The fraction of sp³-hybridized carbons (Fsp3) is 0.458. The van der Waals surface area contributed by atoms with Gasteiger partial charge in [-0.1, -0.05) is 30.3 Å². The Hall–Kier alpha value is -2.17. The molecule has 4 nitrogen and oxygen atoms in total. The zero-order valence-electron chi connectivity index (χ0n) is 16.6. The van der Waals surface area contributed by atoms with E-state index in [2.05, 4.69) is 35.6 Å². The third-order valence-corrected chi connectivity index (χ3v) is 6.03. The summed E-state index contributed by atoms with van der Waals surface area (Å²) in [5.41, 5.74) is 6.01. The summed E-state index contributed by atoms with van der Waals surface area (Å²) in [5, 5.41) is 3.60. The lowest BCUT2D eigenvalue weighted by Crippen LogP contribution is -2.22. The maximum absolute atomic E-state index is 11.8. The average Bonchev–Trinajstić information content (AvgIpc) is 2.73. The van der Waals surface area contributed by atoms with Crippen molar-refractivity contribution in [3.63, 3.8) is 0 Å². The monoisotopic (exact) mass is 379 g/mol. The van der Waals surface area contributed by atoms with Crippen LogP contribution in [0.15, 0.2) is 36.4 Å². The second-order valence-corrected chi connectivity index (χ2v) is 7.81. The van der Waals surface area contributed by atoms with E-state index in [1.807, 2.05) is 6.07 Å². The number of benzene rings is 2. The van der Waals surface area contributed by atoms with Gasteiger partial charge >= 0.3 is 0 Å². The number of ketones is 1. The van der Waals surface area contributed by atoms with Gasteiger partial charge in [0.1, 0.15) is 12.4 Å². The topological polar surface area (TPSA) is 47.6 Å². The minimum Gasteiger partial charge on any atom is -0.496 e. The molecule has 1 atom stereocenters. The molecular formula is C24H29NO3. The highest BCUT2D eigenvalue weighted by Gasteiger charge is 2.22. The van der Waals surface area contributed by atoms with E-state index in [1.165, 1.54) is 29.5 Å². The first kappa shape index (κ1) is 19.2. The summed E-state index contributed by atoms with van der Waals surface area (Å²) in [5.74, 6) is 1.76. The first-order valence-electron chi connectivity index (χ1n) is 10.4. The second kappa shape index (κ2) is 8.89. The molecule has 1 N–H and O–H groups in total. The van der Waals surface area contributed by atoms with Crippen LogP contribution in [0, 0.1) is 0 Å². The van der Waals surface area contributed by atoms with E-state index in [4.69, 9.17) is 9.47 Å². The number of ether oxygens (including phenoxy) is 2. The molecule has 0 spiro atoms. The summed E-state index contributed by atoms with van der Waals surface area (Å²) in [6.07, 6.45) is 5.77. The largest absolute Gasteiger partial charge is 0.496 e. The van der Waals surface area contributed by atoms with Crippen LogP contribution >= 0.6 is 0 Å². The molecule has 0 radical (unpaired) electrons. The predicted molar refractivity (Wildman–Crippen MR) is 110 cm³/mol. The van der Waals surface area contributed by atoms with Gasteiger partial charge in [-0.25, -0.2) is 0 Å². The fourth-order valence-corrected chi connectivity index (χ4v) is 4.56. The van der Waals surface area contributed by atoms with Gasteiger partial charge in [-0.3, -0.25) is 4.79 Å². The molecule has 2 aromatic carbocycles. The van der Waals surface area contributed by atoms with Crippen molar-refractivity contribution in [3.05, 3.63) is 64.2 Å². The normalized spacial score (nSPS) is 18.5. The van der Waals surface area contributed by atoms with Gasteiger partial charge in [-0.2, -0.15) is 0 Å². The van der Waals surface area contributed by atoms with Gasteiger partial charge in [0.2, 0.25) is 0 Å². The molecule has 0 saturated heterocycles. The number of methoxy groups -OCH3 is 1. The third kappa shape index (κ3) is 4.13. The Morgan fingerprint density at radius 2 is 2.11 bits per heavy atom. The Bertz CT molecular complexity index is 846. The second-order valence-electron chi connectivity index (χ2n) is 7.81. The highest BCUT2D eigenvalue weighted by atomic mass is 16.5. The van der Waals surface area contributed by atoms with Crippen molar-refractivity contribution in [1.29, 1.82) is 0 Å². The van der Waals surface area contributed by atoms with Crippen LogP contribution in [0.2, 0.25) is 0 Å². The third-order valence-electron chi connectivity index (χ3n) is 6.03. The summed E-state index contributed by atoms with van der Waals surface area (Å²) in [6.45, 7) is 2.73. The van der Waals surface area contributed by atoms with Crippen LogP contribution in [-0.2, 0) is 24.2 Å². The van der Waals surface area contributed by atoms with Gasteiger partial charge in [0.25, 0.3) is 0 Å². The molecule has 148 valence electrons. The summed E-state index contributed by atoms with van der Waals surface area (Å²) in [6, 6.07) is 12.6. The lowest BCUT2D eigenvalue weighted by Gasteiger charge is -2.27. The highest BCUT2D eigenvalue weighted by molar-refractivity contribution is 5.99. The van der Waals surface area contributed by atoms with Crippen molar-refractivity contribution in [1.82, 2.24) is 5.32 Å². The average molecular weight is 380 g/mol. The molecule has 1 aliphatic heterocycles. The molecule has 2 aromatic rings. The van der Waals surface area contributed by atoms with Crippen LogP contribution in [-0.4, -0.2) is 32.6 Å². The standard InChI is InChI=1S/C24H29NO3/c1-27-24-7-3-5-20-18(4-2-6-22(20)24)11-13-25-12-10-17-8-9-21-19(14-17)15-28-16-23(21)26/h3,5,7-9,14,18,25H,2,4,6,10-13,15-16H2,1H3. The van der Waals surface area contributed by atoms with Crippen molar-refractivity contribution in [3.8, 4) is 5.75 Å². The molecule has 0 aromatic heterocycles. The summed E-state index contributed by atoms with van der Waals surface area (Å²) in [7, 11) is 1.77. The van der Waals surface area contributed by atoms with Crippen molar-refractivity contribution in [2.45, 2.75) is 44.6 Å². The zero-order chi connectivity index (χ0) is 19.3. The zero-order valence-corrected chi connectivity index (χ0v) is 16.6. The van der Waals surface area contributed by atoms with E-state index >= 15 is 0 Å². The van der Waals surface area contributed by atoms with Gasteiger partial charge in [0.15, 0.2) is 5.78 Å². The molecule has 0 saturated carbocycles. The summed E-state index contributed by atoms with van der Waals surface area (Å²) >= 11 is 0. The Labute approximate surface area is 167 Å². The van der Waals surface area contributed by atoms with Gasteiger partial charge in [0, 0.05) is 5.56 Å². The van der Waals surface area contributed by atoms with Crippen LogP contribution < -0.4 is 10.1 Å². The maximum Gasteiger partial charge on any atom is 0.188 e. The number of hydrogen-bond donors (Lipinski definition) is 1. The Morgan fingerprint density at radius 3 is 3.00 bits per heavy atom. The predicted octanol–water partition coefficient (Wildman–Crippen LogP) is 4.05. The number of fused-ring (bicyclic) bond motifs is 2. The van der Waals surface area contributed by atoms with E-state index in [0.29, 0.717) is 12.5 Å². The van der Waals surface area contributed by atoms with Gasteiger partial charge in [-0.15, -0.1) is 0 Å². The molecule has 28 heavy (non-hydrogen) atoms. The maximum atomic E-state index is 11.8. The van der Waals surface area contributed by atoms with Crippen molar-refractivity contribution in [2.24, 2.45) is 0 Å². The number of hydrogen-bond acceptors (Lipinski definition) is 4. The van der Waals surface area contributed by atoms with E-state index in [0.717, 1.165) is 49.2 Å². The summed E-state index contributed by atoms with van der Waals surface area (Å²) < 4.78 is 10.9. The molecule has 0 bridgehead atoms. The highest BCUT2D eigenvalue weighted by Crippen LogP contribution is 2.38. The lowest BCUT2D eigenvalue weighted by molar-refractivity contribution is 0.0665. The Kier molecular flexibility index (Phi) is 6.08. The Balaban J connectivity index is 1.27. The first-order chi connectivity index (χ1) is 13.8. The van der Waals surface area contributed by atoms with Crippen molar-refractivity contribution in [2.75, 3.05) is 26.8 Å². The van der Waals surface area contributed by atoms with Crippen LogP contribution in [0.25, 0.3) is 0 Å². The van der Waals surface area contributed by atoms with Gasteiger partial charge < -0.3 is 14.8 Å². The lowest BCUT2D eigenvalue weighted by atomic mass is 9.80. The van der Waals surface area contributed by atoms with Crippen molar-refractivity contribution >= 4 is 5.78 Å². The van der Waals surface area contributed by atoms with E-state index < -0.39 is 0 Å². The molecule has 1 unspecified atom stereocenters. The minimum absolute atomic E-state index is 0.0929. The molecule has 1 heterocycles. The quantitative estimate of drug-likeness (QED) is 0.738. The molecular weight excluding hydrogens is 350 g/mol. The van der Waals surface area contributed by atoms with E-state index in [9.17, 15) is 4.79 Å². The van der Waals surface area contributed by atoms with Crippen LogP contribution in [0.3, 0.4) is 0 Å². The van der Waals surface area contributed by atoms with Crippen LogP contribution in [0.1, 0.15) is 57.8 Å². The fourth-order valence-electron chi connectivity index (χ4n) is 4.56. The van der Waals surface area contributed by atoms with Crippen LogP contribution in [0.5, 0.6) is 5.75 Å². The van der Waals surface area contributed by atoms with E-state index in [1.54, 1.807) is 7.11 Å². The minimum atomic E-state index is 0.0929. The number of nitrogens with one attached hydrogen (secondary N) is 1. The van der Waals surface area contributed by atoms with Crippen molar-refractivity contribution < 1.29 is 14.3 Å². The molecule has 4 rings (SSSR count). The van der Waals surface area contributed by atoms with Gasteiger partial charge in [0.05, 0.1) is 13.7 Å². The molecule has 0 amide bonds. The summed E-state index contributed by atoms with van der Waals surface area (Å²) in [4.78, 5) is 11.8. The van der Waals surface area contributed by atoms with Crippen LogP contribution in [0.4, 0.5) is 0 Å². The SMILES string of the molecule is COc1cccc2c1CCCC2CCNCCc1ccc2c(c1)COCC2=O. The smallest absolute Gasteiger partial charge is 0.188 e. The number of Topliss-reactive ketones (excluding diaryl/α,β-unsaturated/α-hetero) is 1.